The van der Waals surface area contributed by atoms with Gasteiger partial charge in [0.2, 0.25) is 0 Å². The van der Waals surface area contributed by atoms with Gasteiger partial charge >= 0.3 is 0 Å². The van der Waals surface area contributed by atoms with Crippen molar-refractivity contribution in [3.63, 3.8) is 0 Å². The quantitative estimate of drug-likeness (QED) is 0.709. The van der Waals surface area contributed by atoms with Gasteiger partial charge in [-0.1, -0.05) is 11.8 Å². The minimum absolute atomic E-state index is 0.558. The second kappa shape index (κ2) is 4.94. The van der Waals surface area contributed by atoms with E-state index >= 15 is 0 Å². The average molecular weight is 273 g/mol. The molecule has 2 N–H and O–H groups in total. The fraction of sp³-hybridized carbons (Fsp3) is 0.167. The van der Waals surface area contributed by atoms with Gasteiger partial charge in [0.25, 0.3) is 0 Å². The lowest BCUT2D eigenvalue weighted by molar-refractivity contribution is 0.194. The highest BCUT2D eigenvalue weighted by atomic mass is 32.2. The van der Waals surface area contributed by atoms with Gasteiger partial charge in [0.05, 0.1) is 18.1 Å². The molecule has 0 fully saturated rings. The monoisotopic (exact) mass is 273 g/mol. The zero-order valence-electron chi connectivity index (χ0n) is 10.1. The van der Waals surface area contributed by atoms with E-state index in [4.69, 9.17) is 0 Å². The third kappa shape index (κ3) is 2.42. The Bertz CT molecular complexity index is 695. The summed E-state index contributed by atoms with van der Waals surface area (Å²) in [6, 6.07) is 3.71. The van der Waals surface area contributed by atoms with Gasteiger partial charge in [-0.3, -0.25) is 4.98 Å². The predicted molar refractivity (Wildman–Crippen MR) is 70.7 cm³/mol. The number of hydrogen-bond acceptors (Lipinski definition) is 6. The highest BCUT2D eigenvalue weighted by molar-refractivity contribution is 7.99. The van der Waals surface area contributed by atoms with Crippen LogP contribution >= 0.6 is 11.8 Å². The van der Waals surface area contributed by atoms with Crippen molar-refractivity contribution in [2.24, 2.45) is 0 Å². The highest BCUT2D eigenvalue weighted by Gasteiger charge is 2.08. The maximum absolute atomic E-state index is 9.41. The molecule has 0 unspecified atom stereocenters. The van der Waals surface area contributed by atoms with Crippen molar-refractivity contribution in [3.8, 4) is 0 Å². The molecule has 0 aliphatic rings. The molecule has 1 atom stereocenters. The van der Waals surface area contributed by atoms with Gasteiger partial charge in [-0.25, -0.2) is 15.0 Å². The summed E-state index contributed by atoms with van der Waals surface area (Å²) in [7, 11) is 0. The molecule has 0 saturated heterocycles. The molecule has 0 aromatic carbocycles. The summed E-state index contributed by atoms with van der Waals surface area (Å²) in [5.41, 5.74) is 2.11. The summed E-state index contributed by atoms with van der Waals surface area (Å²) in [4.78, 5) is 20.6. The van der Waals surface area contributed by atoms with Crippen LogP contribution < -0.4 is 0 Å². The Hall–Kier alpha value is -1.99. The number of H-pyrrole nitrogens is 1. The lowest BCUT2D eigenvalue weighted by Crippen LogP contribution is -1.94. The molecule has 19 heavy (non-hydrogen) atoms. The topological polar surface area (TPSA) is 87.6 Å². The van der Waals surface area contributed by atoms with Crippen LogP contribution in [0.2, 0.25) is 0 Å². The molecule has 0 radical (unpaired) electrons. The minimum Gasteiger partial charge on any atom is -0.387 e. The van der Waals surface area contributed by atoms with Gasteiger partial charge in [-0.2, -0.15) is 0 Å². The number of nitrogens with zero attached hydrogens (tertiary/aromatic N) is 4. The van der Waals surface area contributed by atoms with Crippen LogP contribution in [-0.2, 0) is 0 Å². The Morgan fingerprint density at radius 3 is 2.84 bits per heavy atom. The van der Waals surface area contributed by atoms with E-state index in [0.717, 1.165) is 15.4 Å². The molecule has 3 aromatic rings. The predicted octanol–water partition coefficient (Wildman–Crippen LogP) is 1.95. The zero-order valence-corrected chi connectivity index (χ0v) is 10.9. The van der Waals surface area contributed by atoms with Crippen molar-refractivity contribution in [3.05, 3.63) is 36.7 Å². The zero-order chi connectivity index (χ0) is 13.2. The Kier molecular flexibility index (Phi) is 3.14. The van der Waals surface area contributed by atoms with Crippen molar-refractivity contribution in [1.82, 2.24) is 24.9 Å². The molecule has 0 aliphatic heterocycles. The van der Waals surface area contributed by atoms with Crippen molar-refractivity contribution < 1.29 is 5.11 Å². The second-order valence-electron chi connectivity index (χ2n) is 3.98. The number of hydrogen-bond donors (Lipinski definition) is 2. The number of aliphatic hydroxyl groups excluding tert-OH is 1. The van der Waals surface area contributed by atoms with Crippen LogP contribution in [0.15, 0.2) is 40.9 Å². The van der Waals surface area contributed by atoms with Gasteiger partial charge in [0, 0.05) is 11.1 Å². The normalized spacial score (nSPS) is 12.7. The van der Waals surface area contributed by atoms with E-state index in [2.05, 4.69) is 24.9 Å². The van der Waals surface area contributed by atoms with E-state index < -0.39 is 6.10 Å². The molecule has 3 aromatic heterocycles. The number of nitrogens with one attached hydrogen (secondary N) is 1. The van der Waals surface area contributed by atoms with E-state index in [1.54, 1.807) is 25.5 Å². The van der Waals surface area contributed by atoms with E-state index in [-0.39, 0.29) is 0 Å². The number of pyridine rings is 1. The number of fused-ring (bicyclic) bond motifs is 1. The number of aromatic nitrogens is 5. The van der Waals surface area contributed by atoms with Crippen molar-refractivity contribution in [2.45, 2.75) is 22.9 Å². The molecular weight excluding hydrogens is 262 g/mol. The minimum atomic E-state index is -0.558. The van der Waals surface area contributed by atoms with Crippen molar-refractivity contribution in [2.75, 3.05) is 0 Å². The lowest BCUT2D eigenvalue weighted by atomic mass is 10.2. The molecule has 7 heteroatoms. The number of aliphatic hydroxyl groups is 1. The van der Waals surface area contributed by atoms with E-state index in [9.17, 15) is 5.11 Å². The smallest absolute Gasteiger partial charge is 0.181 e. The Balaban J connectivity index is 1.90. The molecule has 0 saturated carbocycles. The summed E-state index contributed by atoms with van der Waals surface area (Å²) >= 11 is 1.48. The molecule has 0 spiro atoms. The molecule has 96 valence electrons. The fourth-order valence-electron chi connectivity index (χ4n) is 1.63. The van der Waals surface area contributed by atoms with Gasteiger partial charge in [0.1, 0.15) is 16.9 Å². The molecule has 0 amide bonds. The van der Waals surface area contributed by atoms with Gasteiger partial charge in [-0.15, -0.1) is 0 Å². The summed E-state index contributed by atoms with van der Waals surface area (Å²) < 4.78 is 0. The summed E-state index contributed by atoms with van der Waals surface area (Å²) in [6.07, 6.45) is 4.25. The first kappa shape index (κ1) is 12.1. The van der Waals surface area contributed by atoms with Crippen molar-refractivity contribution >= 4 is 22.9 Å². The van der Waals surface area contributed by atoms with Crippen LogP contribution in [0.3, 0.4) is 0 Å². The van der Waals surface area contributed by atoms with Crippen molar-refractivity contribution in [1.29, 1.82) is 0 Å². The molecule has 3 heterocycles. The highest BCUT2D eigenvalue weighted by Crippen LogP contribution is 2.29. The van der Waals surface area contributed by atoms with Gasteiger partial charge in [-0.05, 0) is 19.1 Å². The first-order valence-corrected chi connectivity index (χ1v) is 6.51. The summed E-state index contributed by atoms with van der Waals surface area (Å²) in [5.74, 6) is 0. The van der Waals surface area contributed by atoms with E-state index in [0.29, 0.717) is 11.3 Å². The van der Waals surface area contributed by atoms with Crippen LogP contribution in [0, 0.1) is 0 Å². The third-order valence-electron chi connectivity index (χ3n) is 2.59. The van der Waals surface area contributed by atoms with Crippen LogP contribution in [0.4, 0.5) is 0 Å². The van der Waals surface area contributed by atoms with Crippen LogP contribution in [0.5, 0.6) is 0 Å². The average Bonchev–Trinajstić information content (AvgIpc) is 2.89. The summed E-state index contributed by atoms with van der Waals surface area (Å²) in [5, 5.41) is 10.2. The number of imidazole rings is 1. The maximum atomic E-state index is 9.41. The van der Waals surface area contributed by atoms with E-state index in [1.165, 1.54) is 18.1 Å². The Morgan fingerprint density at radius 1 is 1.21 bits per heavy atom. The van der Waals surface area contributed by atoms with Crippen LogP contribution in [0.25, 0.3) is 11.2 Å². The molecule has 3 rings (SSSR count). The number of aromatic amines is 1. The molecule has 0 bridgehead atoms. The van der Waals surface area contributed by atoms with Gasteiger partial charge in [0.15, 0.2) is 5.65 Å². The molecular formula is C12H11N5OS. The largest absolute Gasteiger partial charge is 0.387 e. The second-order valence-corrected chi connectivity index (χ2v) is 5.04. The van der Waals surface area contributed by atoms with Crippen LogP contribution in [0.1, 0.15) is 18.7 Å². The lowest BCUT2D eigenvalue weighted by Gasteiger charge is -2.05. The summed E-state index contributed by atoms with van der Waals surface area (Å²) in [6.45, 7) is 1.69. The molecule has 0 aliphatic carbocycles. The first-order chi connectivity index (χ1) is 9.24. The van der Waals surface area contributed by atoms with E-state index in [1.807, 2.05) is 6.07 Å². The fourth-order valence-corrected chi connectivity index (χ4v) is 2.45. The van der Waals surface area contributed by atoms with Crippen LogP contribution in [-0.4, -0.2) is 30.0 Å². The number of rotatable bonds is 3. The Morgan fingerprint density at radius 2 is 2.11 bits per heavy atom. The SMILES string of the molecule is C[C@H](O)c1ccc(Sc2ncnc3nc[nH]c23)cn1. The molecule has 6 nitrogen and oxygen atoms in total. The standard InChI is InChI=1S/C12H11N5OS/c1-7(18)9-3-2-8(4-13-9)19-12-10-11(15-5-14-10)16-6-17-12/h2-7,18H,1H3,(H,14,15,16,17)/t7-/m0/s1. The third-order valence-corrected chi connectivity index (χ3v) is 3.57. The Labute approximate surface area is 113 Å². The maximum Gasteiger partial charge on any atom is 0.181 e. The van der Waals surface area contributed by atoms with Gasteiger partial charge < -0.3 is 10.1 Å². The first-order valence-electron chi connectivity index (χ1n) is 5.70.